The van der Waals surface area contributed by atoms with Crippen molar-refractivity contribution in [3.05, 3.63) is 28.8 Å². The van der Waals surface area contributed by atoms with Crippen molar-refractivity contribution in [3.8, 4) is 17.0 Å². The maximum absolute atomic E-state index is 6.00. The summed E-state index contributed by atoms with van der Waals surface area (Å²) in [5.74, 6) is 1.31. The molecule has 0 saturated carbocycles. The number of anilines is 1. The molecule has 0 aliphatic heterocycles. The van der Waals surface area contributed by atoms with Crippen molar-refractivity contribution in [2.45, 2.75) is 26.7 Å². The first-order chi connectivity index (χ1) is 8.52. The van der Waals surface area contributed by atoms with Gasteiger partial charge in [-0.3, -0.25) is 0 Å². The average molecular weight is 262 g/mol. The number of aryl methyl sites for hydroxylation is 1. The average Bonchev–Trinajstić information content (AvgIpc) is 2.67. The fourth-order valence-corrected chi connectivity index (χ4v) is 2.61. The quantitative estimate of drug-likeness (QED) is 0.914. The van der Waals surface area contributed by atoms with Gasteiger partial charge in [-0.25, -0.2) is 4.98 Å². The topological polar surface area (TPSA) is 48.1 Å². The molecule has 1 aromatic heterocycles. The van der Waals surface area contributed by atoms with Crippen LogP contribution in [0, 0.1) is 6.92 Å². The fraction of sp³-hybridized carbons (Fsp3) is 0.357. The molecule has 0 aliphatic rings. The van der Waals surface area contributed by atoms with Crippen molar-refractivity contribution >= 4 is 16.3 Å². The van der Waals surface area contributed by atoms with Crippen LogP contribution in [0.5, 0.6) is 5.75 Å². The van der Waals surface area contributed by atoms with Crippen molar-refractivity contribution < 1.29 is 4.74 Å². The first-order valence-electron chi connectivity index (χ1n) is 5.94. The zero-order chi connectivity index (χ0) is 13.3. The molecule has 0 amide bonds. The lowest BCUT2D eigenvalue weighted by Gasteiger charge is -2.11. The molecule has 3 nitrogen and oxygen atoms in total. The van der Waals surface area contributed by atoms with Gasteiger partial charge in [-0.05, 0) is 30.5 Å². The molecule has 2 N–H and O–H groups in total. The van der Waals surface area contributed by atoms with Crippen LogP contribution in [0.1, 0.15) is 30.3 Å². The van der Waals surface area contributed by atoms with Gasteiger partial charge in [0.25, 0.3) is 0 Å². The van der Waals surface area contributed by atoms with E-state index in [0.29, 0.717) is 5.92 Å². The van der Waals surface area contributed by atoms with Crippen LogP contribution < -0.4 is 10.5 Å². The summed E-state index contributed by atoms with van der Waals surface area (Å²) in [5.41, 5.74) is 9.03. The van der Waals surface area contributed by atoms with Crippen molar-refractivity contribution in [2.75, 3.05) is 12.8 Å². The molecule has 0 spiro atoms. The lowest BCUT2D eigenvalue weighted by molar-refractivity contribution is 0.415. The van der Waals surface area contributed by atoms with Gasteiger partial charge in [-0.1, -0.05) is 19.9 Å². The van der Waals surface area contributed by atoms with Gasteiger partial charge in [0.2, 0.25) is 0 Å². The Balaban J connectivity index is 2.54. The number of nitrogen functional groups attached to an aromatic ring is 1. The molecule has 0 aliphatic carbocycles. The highest BCUT2D eigenvalue weighted by Gasteiger charge is 2.14. The third-order valence-electron chi connectivity index (χ3n) is 2.91. The lowest BCUT2D eigenvalue weighted by Crippen LogP contribution is -1.94. The molecule has 1 heterocycles. The number of ether oxygens (including phenoxy) is 1. The van der Waals surface area contributed by atoms with Gasteiger partial charge in [0, 0.05) is 5.56 Å². The minimum atomic E-state index is 0.475. The SMILES string of the molecule is COc1cc(C(C)C)ccc1-c1nc(C)sc1N. The summed E-state index contributed by atoms with van der Waals surface area (Å²) in [6.07, 6.45) is 0. The molecular weight excluding hydrogens is 244 g/mol. The van der Waals surface area contributed by atoms with E-state index in [1.165, 1.54) is 16.9 Å². The van der Waals surface area contributed by atoms with Crippen molar-refractivity contribution in [3.63, 3.8) is 0 Å². The highest BCUT2D eigenvalue weighted by molar-refractivity contribution is 7.16. The molecule has 0 saturated heterocycles. The summed E-state index contributed by atoms with van der Waals surface area (Å²) in [7, 11) is 1.68. The van der Waals surface area contributed by atoms with Gasteiger partial charge in [0.15, 0.2) is 0 Å². The molecule has 0 unspecified atom stereocenters. The molecule has 1 aromatic carbocycles. The van der Waals surface area contributed by atoms with E-state index in [0.717, 1.165) is 27.0 Å². The maximum atomic E-state index is 6.00. The molecule has 2 aromatic rings. The van der Waals surface area contributed by atoms with E-state index in [-0.39, 0.29) is 0 Å². The van der Waals surface area contributed by atoms with Crippen LogP contribution in [-0.4, -0.2) is 12.1 Å². The standard InChI is InChI=1S/C14H18N2OS/c1-8(2)10-5-6-11(12(7-10)17-4)13-14(15)18-9(3)16-13/h5-8H,15H2,1-4H3. The number of nitrogens with zero attached hydrogens (tertiary/aromatic N) is 1. The third-order valence-corrected chi connectivity index (χ3v) is 3.71. The zero-order valence-electron chi connectivity index (χ0n) is 11.2. The van der Waals surface area contributed by atoms with Crippen LogP contribution in [0.3, 0.4) is 0 Å². The summed E-state index contributed by atoms with van der Waals surface area (Å²) in [4.78, 5) is 4.48. The molecule has 0 radical (unpaired) electrons. The Labute approximate surface area is 112 Å². The number of hydrogen-bond donors (Lipinski definition) is 1. The van der Waals surface area contributed by atoms with Crippen LogP contribution in [0.25, 0.3) is 11.3 Å². The minimum Gasteiger partial charge on any atom is -0.496 e. The summed E-state index contributed by atoms with van der Waals surface area (Å²) in [6.45, 7) is 6.28. The van der Waals surface area contributed by atoms with Gasteiger partial charge in [0.1, 0.15) is 16.4 Å². The van der Waals surface area contributed by atoms with Crippen LogP contribution in [0.2, 0.25) is 0 Å². The predicted molar refractivity (Wildman–Crippen MR) is 77.3 cm³/mol. The van der Waals surface area contributed by atoms with E-state index in [1.54, 1.807) is 7.11 Å². The summed E-state index contributed by atoms with van der Waals surface area (Å²) >= 11 is 1.50. The van der Waals surface area contributed by atoms with Crippen molar-refractivity contribution in [1.82, 2.24) is 4.98 Å². The maximum Gasteiger partial charge on any atom is 0.128 e. The van der Waals surface area contributed by atoms with Crippen LogP contribution in [-0.2, 0) is 0 Å². The zero-order valence-corrected chi connectivity index (χ0v) is 12.0. The van der Waals surface area contributed by atoms with Crippen LogP contribution in [0.4, 0.5) is 5.00 Å². The number of benzene rings is 1. The number of thiazole rings is 1. The Morgan fingerprint density at radius 2 is 2.06 bits per heavy atom. The number of hydrogen-bond acceptors (Lipinski definition) is 4. The fourth-order valence-electron chi connectivity index (χ4n) is 1.90. The van der Waals surface area contributed by atoms with E-state index in [2.05, 4.69) is 31.0 Å². The normalized spacial score (nSPS) is 10.9. The van der Waals surface area contributed by atoms with Gasteiger partial charge in [-0.15, -0.1) is 11.3 Å². The Morgan fingerprint density at radius 3 is 2.56 bits per heavy atom. The molecule has 0 bridgehead atoms. The highest BCUT2D eigenvalue weighted by atomic mass is 32.1. The highest BCUT2D eigenvalue weighted by Crippen LogP contribution is 2.37. The predicted octanol–water partition coefficient (Wildman–Crippen LogP) is 3.83. The number of methoxy groups -OCH3 is 1. The number of rotatable bonds is 3. The molecule has 96 valence electrons. The summed E-state index contributed by atoms with van der Waals surface area (Å²) < 4.78 is 5.46. The van der Waals surface area contributed by atoms with E-state index in [1.807, 2.05) is 13.0 Å². The molecule has 4 heteroatoms. The van der Waals surface area contributed by atoms with Crippen molar-refractivity contribution in [2.24, 2.45) is 0 Å². The largest absolute Gasteiger partial charge is 0.496 e. The Morgan fingerprint density at radius 1 is 1.33 bits per heavy atom. The lowest BCUT2D eigenvalue weighted by atomic mass is 10.00. The van der Waals surface area contributed by atoms with Crippen LogP contribution >= 0.6 is 11.3 Å². The van der Waals surface area contributed by atoms with E-state index in [9.17, 15) is 0 Å². The van der Waals surface area contributed by atoms with Gasteiger partial charge in [0.05, 0.1) is 12.1 Å². The Hall–Kier alpha value is -1.55. The summed E-state index contributed by atoms with van der Waals surface area (Å²) in [5, 5.41) is 1.71. The third kappa shape index (κ3) is 2.34. The Bertz CT molecular complexity index is 561. The Kier molecular flexibility index (Phi) is 3.57. The van der Waals surface area contributed by atoms with E-state index < -0.39 is 0 Å². The van der Waals surface area contributed by atoms with Gasteiger partial charge < -0.3 is 10.5 Å². The molecule has 0 fully saturated rings. The smallest absolute Gasteiger partial charge is 0.128 e. The van der Waals surface area contributed by atoms with E-state index in [4.69, 9.17) is 10.5 Å². The van der Waals surface area contributed by atoms with E-state index >= 15 is 0 Å². The first-order valence-corrected chi connectivity index (χ1v) is 6.75. The molecule has 0 atom stereocenters. The molecule has 2 rings (SSSR count). The molecular formula is C14H18N2OS. The molecule has 18 heavy (non-hydrogen) atoms. The minimum absolute atomic E-state index is 0.475. The van der Waals surface area contributed by atoms with Crippen molar-refractivity contribution in [1.29, 1.82) is 0 Å². The van der Waals surface area contributed by atoms with Gasteiger partial charge in [-0.2, -0.15) is 0 Å². The second-order valence-corrected chi connectivity index (χ2v) is 5.79. The number of nitrogens with two attached hydrogens (primary N) is 1. The second-order valence-electron chi connectivity index (χ2n) is 4.56. The summed E-state index contributed by atoms with van der Waals surface area (Å²) in [6, 6.07) is 6.21. The second kappa shape index (κ2) is 4.98. The first kappa shape index (κ1) is 12.9. The monoisotopic (exact) mass is 262 g/mol. The number of aromatic nitrogens is 1. The van der Waals surface area contributed by atoms with Crippen LogP contribution in [0.15, 0.2) is 18.2 Å². The van der Waals surface area contributed by atoms with Gasteiger partial charge >= 0.3 is 0 Å².